The average molecular weight is 350 g/mol. The Bertz CT molecular complexity index is 585. The van der Waals surface area contributed by atoms with Gasteiger partial charge in [-0.3, -0.25) is 0 Å². The van der Waals surface area contributed by atoms with E-state index in [1.54, 1.807) is 18.2 Å². The molecule has 0 amide bonds. The maximum Gasteiger partial charge on any atom is 0.139 e. The van der Waals surface area contributed by atoms with Crippen molar-refractivity contribution in [2.24, 2.45) is 0 Å². The van der Waals surface area contributed by atoms with Crippen LogP contribution in [-0.2, 0) is 0 Å². The molecule has 0 radical (unpaired) electrons. The molecule has 3 N–H and O–H groups in total. The molecule has 0 fully saturated rings. The van der Waals surface area contributed by atoms with Crippen LogP contribution in [-0.4, -0.2) is 0 Å². The summed E-state index contributed by atoms with van der Waals surface area (Å²) in [6, 6.07) is 7.89. The lowest BCUT2D eigenvalue weighted by Gasteiger charge is -2.13. The van der Waals surface area contributed by atoms with Crippen molar-refractivity contribution in [2.45, 2.75) is 0 Å². The van der Waals surface area contributed by atoms with Gasteiger partial charge in [-0.15, -0.1) is 0 Å². The van der Waals surface area contributed by atoms with Crippen molar-refractivity contribution >= 4 is 56.2 Å². The first-order valence-corrected chi connectivity index (χ1v) is 6.49. The van der Waals surface area contributed by atoms with Gasteiger partial charge in [0.1, 0.15) is 5.82 Å². The second-order valence-electron chi connectivity index (χ2n) is 3.58. The van der Waals surface area contributed by atoms with Crippen molar-refractivity contribution in [1.82, 2.24) is 0 Å². The monoisotopic (exact) mass is 348 g/mol. The molecular formula is C12H8BrCl2FN2. The van der Waals surface area contributed by atoms with Crippen LogP contribution in [0.5, 0.6) is 0 Å². The number of rotatable bonds is 2. The Morgan fingerprint density at radius 1 is 1.17 bits per heavy atom. The highest BCUT2D eigenvalue weighted by Crippen LogP contribution is 2.35. The topological polar surface area (TPSA) is 38.0 Å². The minimum atomic E-state index is -0.427. The molecule has 2 aromatic carbocycles. The third kappa shape index (κ3) is 2.71. The molecule has 0 aliphatic carbocycles. The van der Waals surface area contributed by atoms with Gasteiger partial charge in [-0.2, -0.15) is 0 Å². The predicted molar refractivity (Wildman–Crippen MR) is 78.3 cm³/mol. The van der Waals surface area contributed by atoms with Crippen LogP contribution in [0.25, 0.3) is 0 Å². The van der Waals surface area contributed by atoms with Crippen LogP contribution in [0.4, 0.5) is 21.5 Å². The Labute approximate surface area is 122 Å². The number of halogens is 4. The Balaban J connectivity index is 2.43. The van der Waals surface area contributed by atoms with E-state index in [0.717, 1.165) is 0 Å². The zero-order chi connectivity index (χ0) is 13.3. The van der Waals surface area contributed by atoms with Gasteiger partial charge < -0.3 is 11.1 Å². The van der Waals surface area contributed by atoms with Crippen LogP contribution in [0.2, 0.25) is 10.0 Å². The van der Waals surface area contributed by atoms with E-state index in [4.69, 9.17) is 28.9 Å². The smallest absolute Gasteiger partial charge is 0.139 e. The minimum absolute atomic E-state index is 0.270. The fraction of sp³-hybridized carbons (Fsp3) is 0. The maximum atomic E-state index is 13.3. The molecule has 0 heterocycles. The molecule has 2 nitrogen and oxygen atoms in total. The summed E-state index contributed by atoms with van der Waals surface area (Å²) in [5, 5.41) is 3.91. The van der Waals surface area contributed by atoms with Crippen molar-refractivity contribution in [3.05, 3.63) is 50.7 Å². The number of hydrogen-bond donors (Lipinski definition) is 2. The quantitative estimate of drug-likeness (QED) is 0.729. The third-order valence-electron chi connectivity index (χ3n) is 2.31. The highest BCUT2D eigenvalue weighted by atomic mass is 79.9. The zero-order valence-electron chi connectivity index (χ0n) is 8.98. The fourth-order valence-electron chi connectivity index (χ4n) is 1.42. The maximum absolute atomic E-state index is 13.3. The van der Waals surface area contributed by atoms with Gasteiger partial charge in [0.2, 0.25) is 0 Å². The SMILES string of the molecule is Nc1cc(F)c(Br)cc1Nc1c(Cl)cccc1Cl. The minimum Gasteiger partial charge on any atom is -0.397 e. The predicted octanol–water partition coefficient (Wildman–Crippen LogP) is 5.22. The number of nitrogen functional groups attached to an aromatic ring is 1. The first-order valence-electron chi connectivity index (χ1n) is 4.94. The summed E-state index contributed by atoms with van der Waals surface area (Å²) in [7, 11) is 0. The van der Waals surface area contributed by atoms with Gasteiger partial charge in [0.15, 0.2) is 0 Å². The lowest BCUT2D eigenvalue weighted by atomic mass is 10.2. The molecule has 0 spiro atoms. The Hall–Kier alpha value is -0.970. The number of benzene rings is 2. The summed E-state index contributed by atoms with van der Waals surface area (Å²) in [5.74, 6) is -0.427. The summed E-state index contributed by atoms with van der Waals surface area (Å²) in [4.78, 5) is 0. The van der Waals surface area contributed by atoms with Crippen LogP contribution in [0.1, 0.15) is 0 Å². The third-order valence-corrected chi connectivity index (χ3v) is 3.55. The van der Waals surface area contributed by atoms with Crippen molar-refractivity contribution in [3.63, 3.8) is 0 Å². The van der Waals surface area contributed by atoms with Crippen molar-refractivity contribution in [3.8, 4) is 0 Å². The summed E-state index contributed by atoms with van der Waals surface area (Å²) in [6.07, 6.45) is 0. The van der Waals surface area contributed by atoms with E-state index in [2.05, 4.69) is 21.2 Å². The summed E-state index contributed by atoms with van der Waals surface area (Å²) >= 11 is 15.2. The van der Waals surface area contributed by atoms with Gasteiger partial charge in [0.25, 0.3) is 0 Å². The molecule has 0 bridgehead atoms. The summed E-state index contributed by atoms with van der Waals surface area (Å²) < 4.78 is 13.6. The van der Waals surface area contributed by atoms with E-state index in [1.807, 2.05) is 0 Å². The largest absolute Gasteiger partial charge is 0.397 e. The molecule has 0 unspecified atom stereocenters. The lowest BCUT2D eigenvalue weighted by molar-refractivity contribution is 0.622. The standard InChI is InChI=1S/C12H8BrCl2FN2/c13-6-4-11(10(17)5-9(6)16)18-12-7(14)2-1-3-8(12)15/h1-5,18H,17H2. The number of para-hydroxylation sites is 1. The molecule has 94 valence electrons. The zero-order valence-corrected chi connectivity index (χ0v) is 12.1. The molecule has 0 aromatic heterocycles. The molecule has 0 aliphatic heterocycles. The first kappa shape index (κ1) is 13.5. The van der Waals surface area contributed by atoms with Gasteiger partial charge in [-0.05, 0) is 34.1 Å². The fourth-order valence-corrected chi connectivity index (χ4v) is 2.26. The van der Waals surface area contributed by atoms with E-state index in [1.165, 1.54) is 12.1 Å². The molecule has 0 saturated carbocycles. The Morgan fingerprint density at radius 2 is 1.78 bits per heavy atom. The van der Waals surface area contributed by atoms with Gasteiger partial charge in [-0.25, -0.2) is 4.39 Å². The second kappa shape index (κ2) is 5.34. The molecule has 0 atom stereocenters. The van der Waals surface area contributed by atoms with Crippen molar-refractivity contribution in [2.75, 3.05) is 11.1 Å². The van der Waals surface area contributed by atoms with Crippen LogP contribution >= 0.6 is 39.1 Å². The van der Waals surface area contributed by atoms with Crippen LogP contribution in [0.15, 0.2) is 34.8 Å². The number of nitrogens with two attached hydrogens (primary N) is 1. The lowest BCUT2D eigenvalue weighted by Crippen LogP contribution is -1.98. The van der Waals surface area contributed by atoms with Gasteiger partial charge in [0, 0.05) is 6.07 Å². The molecule has 0 aliphatic rings. The van der Waals surface area contributed by atoms with E-state index >= 15 is 0 Å². The van der Waals surface area contributed by atoms with Gasteiger partial charge in [-0.1, -0.05) is 29.3 Å². The van der Waals surface area contributed by atoms with Crippen molar-refractivity contribution < 1.29 is 4.39 Å². The van der Waals surface area contributed by atoms with Gasteiger partial charge >= 0.3 is 0 Å². The van der Waals surface area contributed by atoms with Crippen LogP contribution in [0.3, 0.4) is 0 Å². The average Bonchev–Trinajstić information content (AvgIpc) is 2.30. The van der Waals surface area contributed by atoms with E-state index < -0.39 is 5.82 Å². The second-order valence-corrected chi connectivity index (χ2v) is 5.24. The number of hydrogen-bond acceptors (Lipinski definition) is 2. The molecular weight excluding hydrogens is 342 g/mol. The summed E-state index contributed by atoms with van der Waals surface area (Å²) in [6.45, 7) is 0. The van der Waals surface area contributed by atoms with Gasteiger partial charge in [0.05, 0.1) is 31.6 Å². The number of anilines is 3. The molecule has 2 rings (SSSR count). The molecule has 18 heavy (non-hydrogen) atoms. The first-order chi connectivity index (χ1) is 8.49. The normalized spacial score (nSPS) is 10.4. The molecule has 6 heteroatoms. The van der Waals surface area contributed by atoms with Crippen LogP contribution in [0, 0.1) is 5.82 Å². The number of nitrogens with one attached hydrogen (secondary N) is 1. The highest BCUT2D eigenvalue weighted by Gasteiger charge is 2.10. The van der Waals surface area contributed by atoms with Crippen molar-refractivity contribution in [1.29, 1.82) is 0 Å². The van der Waals surface area contributed by atoms with E-state index in [0.29, 0.717) is 25.9 Å². The summed E-state index contributed by atoms with van der Waals surface area (Å²) in [5.41, 5.74) is 7.06. The highest BCUT2D eigenvalue weighted by molar-refractivity contribution is 9.10. The molecule has 0 saturated heterocycles. The Kier molecular flexibility index (Phi) is 4.00. The van der Waals surface area contributed by atoms with E-state index in [-0.39, 0.29) is 5.69 Å². The van der Waals surface area contributed by atoms with E-state index in [9.17, 15) is 4.39 Å². The molecule has 2 aromatic rings. The van der Waals surface area contributed by atoms with Crippen LogP contribution < -0.4 is 11.1 Å². The Morgan fingerprint density at radius 3 is 2.39 bits per heavy atom.